The van der Waals surface area contributed by atoms with Gasteiger partial charge in [0.2, 0.25) is 0 Å². The fourth-order valence-electron chi connectivity index (χ4n) is 1.82. The van der Waals surface area contributed by atoms with Crippen molar-refractivity contribution in [3.8, 4) is 11.8 Å². The normalized spacial score (nSPS) is 10.3. The van der Waals surface area contributed by atoms with Crippen molar-refractivity contribution in [3.63, 3.8) is 0 Å². The average Bonchev–Trinajstić information content (AvgIpc) is 2.51. The lowest BCUT2D eigenvalue weighted by molar-refractivity contribution is 0.415. The molecule has 2 rings (SSSR count). The number of hydrogen-bond acceptors (Lipinski definition) is 2. The molecular formula is C12H12N2O. The molecule has 0 aliphatic rings. The Morgan fingerprint density at radius 2 is 2.13 bits per heavy atom. The molecule has 1 aromatic heterocycles. The third kappa shape index (κ3) is 1.26. The van der Waals surface area contributed by atoms with Gasteiger partial charge in [-0.05, 0) is 25.1 Å². The monoisotopic (exact) mass is 200 g/mol. The van der Waals surface area contributed by atoms with Crippen LogP contribution < -0.4 is 4.74 Å². The van der Waals surface area contributed by atoms with Crippen LogP contribution >= 0.6 is 0 Å². The molecular weight excluding hydrogens is 188 g/mol. The van der Waals surface area contributed by atoms with E-state index in [0.717, 1.165) is 27.9 Å². The molecule has 2 aromatic rings. The Kier molecular flexibility index (Phi) is 2.12. The highest BCUT2D eigenvalue weighted by Crippen LogP contribution is 2.27. The first-order valence-corrected chi connectivity index (χ1v) is 4.72. The molecule has 3 nitrogen and oxygen atoms in total. The van der Waals surface area contributed by atoms with Gasteiger partial charge in [0.15, 0.2) is 0 Å². The number of aromatic nitrogens is 1. The average molecular weight is 200 g/mol. The molecule has 0 aliphatic heterocycles. The summed E-state index contributed by atoms with van der Waals surface area (Å²) >= 11 is 0. The zero-order chi connectivity index (χ0) is 11.0. The molecule has 0 bridgehead atoms. The summed E-state index contributed by atoms with van der Waals surface area (Å²) in [6, 6.07) is 8.02. The van der Waals surface area contributed by atoms with Crippen LogP contribution in [0.2, 0.25) is 0 Å². The van der Waals surface area contributed by atoms with Gasteiger partial charge in [0, 0.05) is 23.6 Å². The van der Waals surface area contributed by atoms with E-state index in [2.05, 4.69) is 6.07 Å². The topological polar surface area (TPSA) is 37.9 Å². The number of hydrogen-bond donors (Lipinski definition) is 0. The molecule has 76 valence electrons. The van der Waals surface area contributed by atoms with Gasteiger partial charge in [-0.2, -0.15) is 5.26 Å². The molecule has 15 heavy (non-hydrogen) atoms. The van der Waals surface area contributed by atoms with Crippen LogP contribution in [0.3, 0.4) is 0 Å². The first-order chi connectivity index (χ1) is 7.19. The van der Waals surface area contributed by atoms with E-state index in [-0.39, 0.29) is 0 Å². The van der Waals surface area contributed by atoms with Crippen LogP contribution in [0.4, 0.5) is 0 Å². The van der Waals surface area contributed by atoms with Crippen LogP contribution in [0.5, 0.6) is 5.75 Å². The van der Waals surface area contributed by atoms with E-state index in [4.69, 9.17) is 10.00 Å². The lowest BCUT2D eigenvalue weighted by Gasteiger charge is -2.00. The Morgan fingerprint density at radius 3 is 2.73 bits per heavy atom. The number of nitriles is 1. The number of rotatable bonds is 1. The lowest BCUT2D eigenvalue weighted by Crippen LogP contribution is -1.90. The summed E-state index contributed by atoms with van der Waals surface area (Å²) in [5.41, 5.74) is 2.78. The molecule has 0 aliphatic carbocycles. The zero-order valence-corrected chi connectivity index (χ0v) is 9.03. The van der Waals surface area contributed by atoms with Crippen molar-refractivity contribution in [2.24, 2.45) is 7.05 Å². The third-order valence-electron chi connectivity index (χ3n) is 2.81. The molecule has 0 saturated carbocycles. The number of aryl methyl sites for hydroxylation is 1. The second kappa shape index (κ2) is 3.32. The Bertz CT molecular complexity index is 561. The van der Waals surface area contributed by atoms with Crippen LogP contribution in [0.15, 0.2) is 18.2 Å². The van der Waals surface area contributed by atoms with Gasteiger partial charge in [-0.15, -0.1) is 0 Å². The predicted octanol–water partition coefficient (Wildman–Crippen LogP) is 2.37. The van der Waals surface area contributed by atoms with Gasteiger partial charge in [0.25, 0.3) is 0 Å². The van der Waals surface area contributed by atoms with E-state index in [0.29, 0.717) is 0 Å². The maximum Gasteiger partial charge on any atom is 0.119 e. The zero-order valence-electron chi connectivity index (χ0n) is 9.03. The van der Waals surface area contributed by atoms with Crippen molar-refractivity contribution in [1.29, 1.82) is 5.26 Å². The van der Waals surface area contributed by atoms with E-state index >= 15 is 0 Å². The second-order valence-corrected chi connectivity index (χ2v) is 3.51. The minimum atomic E-state index is 0.728. The number of nitrogens with zero attached hydrogens (tertiary/aromatic N) is 2. The number of benzene rings is 1. The summed E-state index contributed by atoms with van der Waals surface area (Å²) in [5.74, 6) is 0.782. The third-order valence-corrected chi connectivity index (χ3v) is 2.81. The maximum absolute atomic E-state index is 9.09. The summed E-state index contributed by atoms with van der Waals surface area (Å²) in [6.07, 6.45) is 0. The lowest BCUT2D eigenvalue weighted by atomic mass is 10.1. The Labute approximate surface area is 88.5 Å². The molecule has 1 heterocycles. The largest absolute Gasteiger partial charge is 0.497 e. The van der Waals surface area contributed by atoms with Crippen LogP contribution in [0.1, 0.15) is 11.3 Å². The molecule has 0 fully saturated rings. The highest BCUT2D eigenvalue weighted by molar-refractivity contribution is 5.89. The summed E-state index contributed by atoms with van der Waals surface area (Å²) in [6.45, 7) is 1.95. The van der Waals surface area contributed by atoms with Gasteiger partial charge in [0.05, 0.1) is 12.7 Å². The molecule has 0 amide bonds. The van der Waals surface area contributed by atoms with Crippen LogP contribution in [0, 0.1) is 18.3 Å². The minimum Gasteiger partial charge on any atom is -0.497 e. The summed E-state index contributed by atoms with van der Waals surface area (Å²) in [7, 11) is 3.59. The quantitative estimate of drug-likeness (QED) is 0.708. The van der Waals surface area contributed by atoms with Crippen LogP contribution in [-0.2, 0) is 7.05 Å². The molecule has 0 spiro atoms. The van der Waals surface area contributed by atoms with Gasteiger partial charge in [-0.1, -0.05) is 0 Å². The SMILES string of the molecule is COc1ccc2c(c1)c(C#N)c(C)n2C. The van der Waals surface area contributed by atoms with Gasteiger partial charge < -0.3 is 9.30 Å². The van der Waals surface area contributed by atoms with Crippen LogP contribution in [-0.4, -0.2) is 11.7 Å². The summed E-state index contributed by atoms with van der Waals surface area (Å²) < 4.78 is 7.17. The smallest absolute Gasteiger partial charge is 0.119 e. The van der Waals surface area contributed by atoms with Gasteiger partial charge in [-0.3, -0.25) is 0 Å². The second-order valence-electron chi connectivity index (χ2n) is 3.51. The molecule has 0 radical (unpaired) electrons. The summed E-state index contributed by atoms with van der Waals surface area (Å²) in [4.78, 5) is 0. The number of fused-ring (bicyclic) bond motifs is 1. The van der Waals surface area contributed by atoms with Crippen molar-refractivity contribution < 1.29 is 4.74 Å². The highest BCUT2D eigenvalue weighted by Gasteiger charge is 2.11. The first-order valence-electron chi connectivity index (χ1n) is 4.72. The fraction of sp³-hybridized carbons (Fsp3) is 0.250. The van der Waals surface area contributed by atoms with Crippen molar-refractivity contribution in [2.75, 3.05) is 7.11 Å². The van der Waals surface area contributed by atoms with E-state index in [1.54, 1.807) is 7.11 Å². The minimum absolute atomic E-state index is 0.728. The van der Waals surface area contributed by atoms with E-state index in [1.807, 2.05) is 36.7 Å². The standard InChI is InChI=1S/C12H12N2O/c1-8-11(7-13)10-6-9(15-3)4-5-12(10)14(8)2/h4-6H,1-3H3. The van der Waals surface area contributed by atoms with Crippen molar-refractivity contribution >= 4 is 10.9 Å². The maximum atomic E-state index is 9.09. The Balaban J connectivity index is 2.87. The molecule has 0 unspecified atom stereocenters. The van der Waals surface area contributed by atoms with Crippen molar-refractivity contribution in [3.05, 3.63) is 29.5 Å². The fourth-order valence-corrected chi connectivity index (χ4v) is 1.82. The van der Waals surface area contributed by atoms with Crippen molar-refractivity contribution in [2.45, 2.75) is 6.92 Å². The van der Waals surface area contributed by atoms with Gasteiger partial charge in [-0.25, -0.2) is 0 Å². The van der Waals surface area contributed by atoms with Crippen molar-refractivity contribution in [1.82, 2.24) is 4.57 Å². The van der Waals surface area contributed by atoms with E-state index < -0.39 is 0 Å². The molecule has 3 heteroatoms. The van der Waals surface area contributed by atoms with Gasteiger partial charge >= 0.3 is 0 Å². The molecule has 1 aromatic carbocycles. The predicted molar refractivity (Wildman–Crippen MR) is 58.9 cm³/mol. The Morgan fingerprint density at radius 1 is 1.40 bits per heavy atom. The highest BCUT2D eigenvalue weighted by atomic mass is 16.5. The Hall–Kier alpha value is -1.95. The number of ether oxygens (including phenoxy) is 1. The van der Waals surface area contributed by atoms with E-state index in [9.17, 15) is 0 Å². The molecule has 0 atom stereocenters. The molecule has 0 N–H and O–H groups in total. The summed E-state index contributed by atoms with van der Waals surface area (Å²) in [5, 5.41) is 10.0. The van der Waals surface area contributed by atoms with E-state index in [1.165, 1.54) is 0 Å². The first kappa shape index (κ1) is 9.60. The molecule has 0 saturated heterocycles. The number of methoxy groups -OCH3 is 1. The van der Waals surface area contributed by atoms with Crippen LogP contribution in [0.25, 0.3) is 10.9 Å². The van der Waals surface area contributed by atoms with Gasteiger partial charge in [0.1, 0.15) is 11.8 Å².